The number of hydrogen-bond donors (Lipinski definition) is 0. The van der Waals surface area contributed by atoms with Crippen molar-refractivity contribution in [3.05, 3.63) is 83.6 Å². The van der Waals surface area contributed by atoms with E-state index in [-0.39, 0.29) is 0 Å². The molecule has 0 bridgehead atoms. The van der Waals surface area contributed by atoms with Gasteiger partial charge in [0.25, 0.3) is 0 Å². The van der Waals surface area contributed by atoms with Crippen molar-refractivity contribution in [2.75, 3.05) is 0 Å². The molecule has 0 amide bonds. The van der Waals surface area contributed by atoms with Crippen molar-refractivity contribution >= 4 is 0 Å². The Labute approximate surface area is 97.9 Å². The standard InChI is InChI=1S/C16H16/c1-12-9-14(3)16(10-13(12)2)11-15-7-5-4-6-8-15/h4-11H,1H2,2-3H3. The van der Waals surface area contributed by atoms with Crippen LogP contribution in [0.15, 0.2) is 42.5 Å². The number of benzene rings is 2. The average Bonchev–Trinajstić information content (AvgIpc) is 2.27. The summed E-state index contributed by atoms with van der Waals surface area (Å²) in [5.41, 5.74) is 6.15. The van der Waals surface area contributed by atoms with Crippen LogP contribution in [0.1, 0.15) is 27.8 Å². The summed E-state index contributed by atoms with van der Waals surface area (Å²) in [5.74, 6) is 0. The molecule has 0 aliphatic heterocycles. The Kier molecular flexibility index (Phi) is 3.09. The van der Waals surface area contributed by atoms with E-state index in [1.807, 2.05) is 6.07 Å². The SMILES string of the molecule is [CH2]c1cc(C)c([CH]c2ccccc2)cc1C. The van der Waals surface area contributed by atoms with E-state index in [0.29, 0.717) is 0 Å². The van der Waals surface area contributed by atoms with Crippen molar-refractivity contribution in [2.45, 2.75) is 13.8 Å². The van der Waals surface area contributed by atoms with Gasteiger partial charge in [0.2, 0.25) is 0 Å². The third kappa shape index (κ3) is 2.33. The topological polar surface area (TPSA) is 0 Å². The molecule has 0 heteroatoms. The summed E-state index contributed by atoms with van der Waals surface area (Å²) >= 11 is 0. The Morgan fingerprint density at radius 2 is 1.62 bits per heavy atom. The van der Waals surface area contributed by atoms with Crippen molar-refractivity contribution in [3.63, 3.8) is 0 Å². The first-order valence-corrected chi connectivity index (χ1v) is 5.50. The molecule has 0 unspecified atom stereocenters. The second kappa shape index (κ2) is 4.52. The molecule has 2 aromatic rings. The van der Waals surface area contributed by atoms with Gasteiger partial charge in [0.05, 0.1) is 0 Å². The summed E-state index contributed by atoms with van der Waals surface area (Å²) in [6.45, 7) is 8.24. The highest BCUT2D eigenvalue weighted by atomic mass is 14.1. The molecular weight excluding hydrogens is 192 g/mol. The lowest BCUT2D eigenvalue weighted by Gasteiger charge is -2.09. The Hall–Kier alpha value is -1.56. The van der Waals surface area contributed by atoms with Gasteiger partial charge in [0.1, 0.15) is 0 Å². The van der Waals surface area contributed by atoms with Gasteiger partial charge < -0.3 is 0 Å². The molecule has 2 radical (unpaired) electrons. The zero-order valence-electron chi connectivity index (χ0n) is 9.83. The molecule has 0 aliphatic carbocycles. The first-order chi connectivity index (χ1) is 7.66. The lowest BCUT2D eigenvalue weighted by molar-refractivity contribution is 1.28. The lowest BCUT2D eigenvalue weighted by Crippen LogP contribution is -1.92. The molecule has 2 aromatic carbocycles. The summed E-state index contributed by atoms with van der Waals surface area (Å²) in [6.07, 6.45) is 2.21. The van der Waals surface area contributed by atoms with Crippen LogP contribution in [0.25, 0.3) is 0 Å². The lowest BCUT2D eigenvalue weighted by atomic mass is 9.96. The summed E-state index contributed by atoms with van der Waals surface area (Å²) < 4.78 is 0. The Morgan fingerprint density at radius 3 is 2.31 bits per heavy atom. The van der Waals surface area contributed by atoms with Gasteiger partial charge in [-0.15, -0.1) is 0 Å². The fourth-order valence-electron chi connectivity index (χ4n) is 1.78. The molecule has 0 spiro atoms. The minimum Gasteiger partial charge on any atom is -0.0622 e. The fraction of sp³-hybridized carbons (Fsp3) is 0.125. The van der Waals surface area contributed by atoms with E-state index in [1.165, 1.54) is 22.3 Å². The van der Waals surface area contributed by atoms with Crippen LogP contribution < -0.4 is 0 Å². The first kappa shape index (κ1) is 10.9. The zero-order chi connectivity index (χ0) is 11.5. The smallest absolute Gasteiger partial charge is 0.0202 e. The minimum absolute atomic E-state index is 1.11. The van der Waals surface area contributed by atoms with Crippen LogP contribution in [0.2, 0.25) is 0 Å². The molecule has 0 saturated carbocycles. The summed E-state index contributed by atoms with van der Waals surface area (Å²) in [7, 11) is 0. The molecule has 0 atom stereocenters. The molecule has 2 rings (SSSR count). The van der Waals surface area contributed by atoms with E-state index in [4.69, 9.17) is 0 Å². The predicted octanol–water partition coefficient (Wildman–Crippen LogP) is 4.09. The highest BCUT2D eigenvalue weighted by Gasteiger charge is 2.03. The van der Waals surface area contributed by atoms with Crippen LogP contribution in [-0.2, 0) is 0 Å². The molecule has 0 N–H and O–H groups in total. The highest BCUT2D eigenvalue weighted by Crippen LogP contribution is 2.19. The van der Waals surface area contributed by atoms with E-state index >= 15 is 0 Å². The van der Waals surface area contributed by atoms with Crippen LogP contribution >= 0.6 is 0 Å². The van der Waals surface area contributed by atoms with Gasteiger partial charge in [-0.05, 0) is 48.6 Å². The van der Waals surface area contributed by atoms with Gasteiger partial charge in [-0.2, -0.15) is 0 Å². The normalized spacial score (nSPS) is 10.4. The average molecular weight is 208 g/mol. The molecule has 0 nitrogen and oxygen atoms in total. The number of rotatable bonds is 2. The first-order valence-electron chi connectivity index (χ1n) is 5.50. The van der Waals surface area contributed by atoms with Crippen LogP contribution in [-0.4, -0.2) is 0 Å². The van der Waals surface area contributed by atoms with Gasteiger partial charge >= 0.3 is 0 Å². The molecule has 0 aromatic heterocycles. The fourth-order valence-corrected chi connectivity index (χ4v) is 1.78. The summed E-state index contributed by atoms with van der Waals surface area (Å²) in [5, 5.41) is 0. The second-order valence-electron chi connectivity index (χ2n) is 4.19. The summed E-state index contributed by atoms with van der Waals surface area (Å²) in [4.78, 5) is 0. The zero-order valence-corrected chi connectivity index (χ0v) is 9.83. The molecular formula is C16H16. The van der Waals surface area contributed by atoms with Crippen LogP contribution in [0.3, 0.4) is 0 Å². The van der Waals surface area contributed by atoms with Crippen molar-refractivity contribution in [1.82, 2.24) is 0 Å². The van der Waals surface area contributed by atoms with Gasteiger partial charge in [-0.1, -0.05) is 42.5 Å². The predicted molar refractivity (Wildman–Crippen MR) is 69.3 cm³/mol. The largest absolute Gasteiger partial charge is 0.0622 e. The van der Waals surface area contributed by atoms with Crippen molar-refractivity contribution in [2.24, 2.45) is 0 Å². The molecule has 0 saturated heterocycles. The van der Waals surface area contributed by atoms with Crippen molar-refractivity contribution in [1.29, 1.82) is 0 Å². The molecule has 0 heterocycles. The Morgan fingerprint density at radius 1 is 0.938 bits per heavy atom. The number of hydrogen-bond acceptors (Lipinski definition) is 0. The van der Waals surface area contributed by atoms with E-state index < -0.39 is 0 Å². The molecule has 0 fully saturated rings. The molecule has 80 valence electrons. The Balaban J connectivity index is 2.32. The van der Waals surface area contributed by atoms with Crippen LogP contribution in [0.5, 0.6) is 0 Å². The minimum atomic E-state index is 1.11. The number of aryl methyl sites for hydroxylation is 2. The quantitative estimate of drug-likeness (QED) is 0.697. The molecule has 16 heavy (non-hydrogen) atoms. The van der Waals surface area contributed by atoms with Gasteiger partial charge in [-0.25, -0.2) is 0 Å². The summed E-state index contributed by atoms with van der Waals surface area (Å²) in [6, 6.07) is 14.7. The maximum Gasteiger partial charge on any atom is 0.0202 e. The third-order valence-corrected chi connectivity index (χ3v) is 2.85. The van der Waals surface area contributed by atoms with E-state index in [1.54, 1.807) is 0 Å². The maximum absolute atomic E-state index is 4.02. The second-order valence-corrected chi connectivity index (χ2v) is 4.19. The Bertz CT molecular complexity index is 481. The van der Waals surface area contributed by atoms with E-state index in [9.17, 15) is 0 Å². The van der Waals surface area contributed by atoms with E-state index in [0.717, 1.165) is 5.56 Å². The van der Waals surface area contributed by atoms with Crippen LogP contribution in [0.4, 0.5) is 0 Å². The van der Waals surface area contributed by atoms with Gasteiger partial charge in [0.15, 0.2) is 0 Å². The van der Waals surface area contributed by atoms with E-state index in [2.05, 4.69) is 63.6 Å². The van der Waals surface area contributed by atoms with Crippen molar-refractivity contribution < 1.29 is 0 Å². The van der Waals surface area contributed by atoms with Gasteiger partial charge in [0, 0.05) is 6.42 Å². The third-order valence-electron chi connectivity index (χ3n) is 2.85. The van der Waals surface area contributed by atoms with Crippen LogP contribution in [0, 0.1) is 27.2 Å². The monoisotopic (exact) mass is 208 g/mol. The highest BCUT2D eigenvalue weighted by molar-refractivity contribution is 5.46. The molecule has 0 aliphatic rings. The van der Waals surface area contributed by atoms with Gasteiger partial charge in [-0.3, -0.25) is 0 Å². The maximum atomic E-state index is 4.02. The van der Waals surface area contributed by atoms with Crippen molar-refractivity contribution in [3.8, 4) is 0 Å².